The second kappa shape index (κ2) is 7.92. The minimum Gasteiger partial charge on any atom is -0.461 e. The summed E-state index contributed by atoms with van der Waals surface area (Å²) in [6.07, 6.45) is 1.03. The van der Waals surface area contributed by atoms with E-state index in [1.54, 1.807) is 0 Å². The van der Waals surface area contributed by atoms with Crippen molar-refractivity contribution in [2.24, 2.45) is 5.92 Å². The third-order valence-electron chi connectivity index (χ3n) is 4.82. The summed E-state index contributed by atoms with van der Waals surface area (Å²) in [6.45, 7) is 4.27. The van der Waals surface area contributed by atoms with E-state index in [1.165, 1.54) is 17.0 Å². The van der Waals surface area contributed by atoms with Gasteiger partial charge in [-0.25, -0.2) is 9.78 Å². The molecular weight excluding hydrogens is 356 g/mol. The van der Waals surface area contributed by atoms with E-state index in [-0.39, 0.29) is 5.97 Å². The van der Waals surface area contributed by atoms with Gasteiger partial charge >= 0.3 is 5.97 Å². The number of benzene rings is 2. The molecule has 2 aromatic carbocycles. The number of nitrogens with zero attached hydrogens (tertiary/aromatic N) is 2. The highest BCUT2D eigenvalue weighted by Crippen LogP contribution is 2.31. The van der Waals surface area contributed by atoms with Gasteiger partial charge in [0.1, 0.15) is 0 Å². The van der Waals surface area contributed by atoms with Crippen molar-refractivity contribution in [2.45, 2.75) is 13.3 Å². The maximum atomic E-state index is 12.7. The Morgan fingerprint density at radius 2 is 1.85 bits per heavy atom. The van der Waals surface area contributed by atoms with Crippen LogP contribution >= 0.6 is 11.3 Å². The van der Waals surface area contributed by atoms with Gasteiger partial charge in [-0.2, -0.15) is 0 Å². The van der Waals surface area contributed by atoms with Crippen molar-refractivity contribution < 1.29 is 9.53 Å². The molecule has 1 atom stereocenters. The largest absolute Gasteiger partial charge is 0.461 e. The molecule has 3 aromatic rings. The van der Waals surface area contributed by atoms with Crippen LogP contribution in [0.25, 0.3) is 10.4 Å². The molecule has 27 heavy (non-hydrogen) atoms. The van der Waals surface area contributed by atoms with Crippen LogP contribution in [0, 0.1) is 12.8 Å². The fraction of sp³-hybridized carbons (Fsp3) is 0.273. The molecule has 1 fully saturated rings. The smallest absolute Gasteiger partial charge is 0.358 e. The molecule has 0 spiro atoms. The van der Waals surface area contributed by atoms with Crippen LogP contribution in [0.4, 0.5) is 5.69 Å². The molecule has 1 aliphatic heterocycles. The summed E-state index contributed by atoms with van der Waals surface area (Å²) in [5.74, 6) is 0.0328. The second-order valence-corrected chi connectivity index (χ2v) is 8.01. The quantitative estimate of drug-likeness (QED) is 0.598. The number of aryl methyl sites for hydroxylation is 1. The lowest BCUT2D eigenvalue weighted by Crippen LogP contribution is -2.22. The molecule has 138 valence electrons. The minimum absolute atomic E-state index is 0.323. The Morgan fingerprint density at radius 1 is 1.15 bits per heavy atom. The monoisotopic (exact) mass is 378 g/mol. The zero-order valence-electron chi connectivity index (χ0n) is 15.3. The highest BCUT2D eigenvalue weighted by Gasteiger charge is 2.26. The maximum Gasteiger partial charge on any atom is 0.358 e. The molecule has 0 N–H and O–H groups in total. The van der Waals surface area contributed by atoms with E-state index in [0.29, 0.717) is 18.2 Å². The summed E-state index contributed by atoms with van der Waals surface area (Å²) in [6, 6.07) is 20.3. The van der Waals surface area contributed by atoms with Crippen LogP contribution < -0.4 is 4.90 Å². The first kappa shape index (κ1) is 17.7. The molecule has 4 rings (SSSR count). The second-order valence-electron chi connectivity index (χ2n) is 6.81. The van der Waals surface area contributed by atoms with E-state index < -0.39 is 0 Å². The van der Waals surface area contributed by atoms with Crippen molar-refractivity contribution in [3.05, 3.63) is 71.4 Å². The number of carbonyl (C=O) groups excluding carboxylic acids is 1. The standard InChI is InChI=1S/C22H22N2O2S/c1-16-23-20(21(27-16)18-8-4-2-5-9-18)22(25)26-15-17-12-13-24(14-17)19-10-6-3-7-11-19/h2-11,17H,12-15H2,1H3/t17-/m1/s1. The Kier molecular flexibility index (Phi) is 5.21. The van der Waals surface area contributed by atoms with Gasteiger partial charge in [-0.1, -0.05) is 48.5 Å². The Labute approximate surface area is 163 Å². The highest BCUT2D eigenvalue weighted by molar-refractivity contribution is 7.15. The number of hydrogen-bond donors (Lipinski definition) is 0. The Balaban J connectivity index is 1.40. The molecule has 5 heteroatoms. The number of anilines is 1. The lowest BCUT2D eigenvalue weighted by Gasteiger charge is -2.18. The van der Waals surface area contributed by atoms with Gasteiger partial charge in [-0.3, -0.25) is 0 Å². The number of carbonyl (C=O) groups is 1. The molecule has 0 radical (unpaired) electrons. The molecule has 1 aromatic heterocycles. The molecule has 0 bridgehead atoms. The van der Waals surface area contributed by atoms with Crippen LogP contribution in [0.15, 0.2) is 60.7 Å². The zero-order valence-corrected chi connectivity index (χ0v) is 16.1. The van der Waals surface area contributed by atoms with E-state index in [1.807, 2.05) is 43.3 Å². The van der Waals surface area contributed by atoms with E-state index in [4.69, 9.17) is 4.74 Å². The van der Waals surface area contributed by atoms with Crippen molar-refractivity contribution in [1.82, 2.24) is 4.98 Å². The summed E-state index contributed by atoms with van der Waals surface area (Å²) in [5.41, 5.74) is 2.67. The zero-order chi connectivity index (χ0) is 18.6. The van der Waals surface area contributed by atoms with Crippen LogP contribution in [-0.2, 0) is 4.74 Å². The molecular formula is C22H22N2O2S. The molecule has 2 heterocycles. The number of rotatable bonds is 5. The van der Waals surface area contributed by atoms with Crippen LogP contribution in [-0.4, -0.2) is 30.6 Å². The van der Waals surface area contributed by atoms with Crippen molar-refractivity contribution in [3.8, 4) is 10.4 Å². The molecule has 1 aliphatic rings. The minimum atomic E-state index is -0.323. The Morgan fingerprint density at radius 3 is 2.59 bits per heavy atom. The highest BCUT2D eigenvalue weighted by atomic mass is 32.1. The number of para-hydroxylation sites is 1. The van der Waals surface area contributed by atoms with Crippen LogP contribution in [0.1, 0.15) is 21.9 Å². The van der Waals surface area contributed by atoms with Crippen molar-refractivity contribution in [2.75, 3.05) is 24.6 Å². The Hall–Kier alpha value is -2.66. The first-order valence-electron chi connectivity index (χ1n) is 9.20. The summed E-state index contributed by atoms with van der Waals surface area (Å²) >= 11 is 1.53. The predicted molar refractivity (Wildman–Crippen MR) is 109 cm³/mol. The fourth-order valence-corrected chi connectivity index (χ4v) is 4.37. The topological polar surface area (TPSA) is 42.4 Å². The van der Waals surface area contributed by atoms with E-state index in [9.17, 15) is 4.79 Å². The number of ether oxygens (including phenoxy) is 1. The van der Waals surface area contributed by atoms with E-state index in [2.05, 4.69) is 34.1 Å². The summed E-state index contributed by atoms with van der Waals surface area (Å²) < 4.78 is 5.65. The van der Waals surface area contributed by atoms with Gasteiger partial charge in [-0.05, 0) is 31.0 Å². The van der Waals surface area contributed by atoms with Gasteiger partial charge in [0.2, 0.25) is 0 Å². The number of hydrogen-bond acceptors (Lipinski definition) is 5. The van der Waals surface area contributed by atoms with E-state index in [0.717, 1.165) is 35.0 Å². The van der Waals surface area contributed by atoms with Gasteiger partial charge < -0.3 is 9.64 Å². The normalized spacial score (nSPS) is 16.5. The van der Waals surface area contributed by atoms with Crippen LogP contribution in [0.2, 0.25) is 0 Å². The molecule has 4 nitrogen and oxygen atoms in total. The van der Waals surface area contributed by atoms with Crippen molar-refractivity contribution in [3.63, 3.8) is 0 Å². The summed E-state index contributed by atoms with van der Waals surface area (Å²) in [4.78, 5) is 20.3. The molecule has 0 saturated carbocycles. The van der Waals surface area contributed by atoms with Gasteiger partial charge in [0, 0.05) is 24.7 Å². The van der Waals surface area contributed by atoms with Gasteiger partial charge in [-0.15, -0.1) is 11.3 Å². The third kappa shape index (κ3) is 4.03. The average molecular weight is 378 g/mol. The molecule has 0 aliphatic carbocycles. The van der Waals surface area contributed by atoms with E-state index >= 15 is 0 Å². The molecule has 0 amide bonds. The molecule has 1 saturated heterocycles. The first-order chi connectivity index (χ1) is 13.2. The van der Waals surface area contributed by atoms with Crippen molar-refractivity contribution in [1.29, 1.82) is 0 Å². The summed E-state index contributed by atoms with van der Waals surface area (Å²) in [5, 5.41) is 0.872. The Bertz CT molecular complexity index is 909. The van der Waals surface area contributed by atoms with Crippen LogP contribution in [0.5, 0.6) is 0 Å². The average Bonchev–Trinajstić information content (AvgIpc) is 3.34. The number of aromatic nitrogens is 1. The molecule has 0 unspecified atom stereocenters. The summed E-state index contributed by atoms with van der Waals surface area (Å²) in [7, 11) is 0. The third-order valence-corrected chi connectivity index (χ3v) is 5.84. The lowest BCUT2D eigenvalue weighted by atomic mass is 10.1. The fourth-order valence-electron chi connectivity index (χ4n) is 3.45. The SMILES string of the molecule is Cc1nc(C(=O)OC[C@@H]2CCN(c3ccccc3)C2)c(-c2ccccc2)s1. The van der Waals surface area contributed by atoms with Crippen molar-refractivity contribution >= 4 is 23.0 Å². The van der Waals surface area contributed by atoms with Crippen LogP contribution in [0.3, 0.4) is 0 Å². The predicted octanol–water partition coefficient (Wildman–Crippen LogP) is 4.80. The number of thiazole rings is 1. The first-order valence-corrected chi connectivity index (χ1v) is 10.0. The van der Waals surface area contributed by atoms with Gasteiger partial charge in [0.05, 0.1) is 16.5 Å². The van der Waals surface area contributed by atoms with Gasteiger partial charge in [0.15, 0.2) is 5.69 Å². The number of esters is 1. The maximum absolute atomic E-state index is 12.7. The lowest BCUT2D eigenvalue weighted by molar-refractivity contribution is 0.0446. The van der Waals surface area contributed by atoms with Gasteiger partial charge in [0.25, 0.3) is 0 Å².